The third-order valence-electron chi connectivity index (χ3n) is 2.51. The Morgan fingerprint density at radius 2 is 1.41 bits per heavy atom. The molecule has 0 aromatic heterocycles. The van der Waals surface area contributed by atoms with Crippen molar-refractivity contribution in [2.75, 3.05) is 0 Å². The summed E-state index contributed by atoms with van der Waals surface area (Å²) in [5.74, 6) is 0. The molecule has 0 radical (unpaired) electrons. The van der Waals surface area contributed by atoms with Crippen molar-refractivity contribution in [3.05, 3.63) is 67.8 Å². The molecule has 0 saturated heterocycles. The molecule has 0 aliphatic heterocycles. The van der Waals surface area contributed by atoms with E-state index in [1.807, 2.05) is 0 Å². The molecule has 2 aromatic carbocycles. The summed E-state index contributed by atoms with van der Waals surface area (Å²) in [6.45, 7) is 1.61. The second-order valence-electron chi connectivity index (χ2n) is 4.38. The minimum Gasteiger partial charge on any atom is -0.746 e. The lowest BCUT2D eigenvalue weighted by atomic mass is 10.4. The van der Waals surface area contributed by atoms with Gasteiger partial charge in [0.25, 0.3) is 0 Å². The topological polar surface area (TPSA) is 57.2 Å². The van der Waals surface area contributed by atoms with E-state index in [2.05, 4.69) is 60.7 Å². The Morgan fingerprint density at radius 1 is 1.00 bits per heavy atom. The summed E-state index contributed by atoms with van der Waals surface area (Å²) in [6.07, 6.45) is 0.161. The lowest BCUT2D eigenvalue weighted by Gasteiger charge is -2.10. The zero-order valence-electron chi connectivity index (χ0n) is 12.2. The quantitative estimate of drug-likeness (QED) is 0.505. The van der Waals surface area contributed by atoms with Gasteiger partial charge in [0.2, 0.25) is 0 Å². The Bertz CT molecular complexity index is 595. The van der Waals surface area contributed by atoms with Crippen LogP contribution in [0.5, 0.6) is 0 Å². The normalized spacial score (nSPS) is 12.1. The molecule has 0 spiro atoms. The predicted molar refractivity (Wildman–Crippen MR) is 79.8 cm³/mol. The summed E-state index contributed by atoms with van der Waals surface area (Å²) in [4.78, 5) is 0. The van der Waals surface area contributed by atoms with Crippen molar-refractivity contribution < 1.29 is 38.6 Å². The Hall–Kier alpha value is -0.990. The molecule has 0 aliphatic carbocycles. The van der Waals surface area contributed by atoms with Gasteiger partial charge in [0.15, 0.2) is 12.6 Å². The smallest absolute Gasteiger partial charge is 0.357 e. The minimum absolute atomic E-state index is 0.0287. The Morgan fingerprint density at radius 3 is 1.68 bits per heavy atom. The number of benzene rings is 2. The molecule has 3 nitrogen and oxygen atoms in total. The van der Waals surface area contributed by atoms with Crippen LogP contribution in [0.2, 0.25) is 0 Å². The van der Waals surface area contributed by atoms with Gasteiger partial charge < -0.3 is 4.55 Å². The number of hydrogen-bond acceptors (Lipinski definition) is 3. The molecule has 22 heavy (non-hydrogen) atoms. The van der Waals surface area contributed by atoms with E-state index in [9.17, 15) is 17.4 Å². The summed E-state index contributed by atoms with van der Waals surface area (Å²) < 4.78 is 44.3. The molecule has 0 amide bonds. The highest BCUT2D eigenvalue weighted by Crippen LogP contribution is 2.06. The van der Waals surface area contributed by atoms with Crippen LogP contribution in [-0.2, 0) is 10.1 Å². The molecule has 0 bridgehead atoms. The Labute approximate surface area is 141 Å². The van der Waals surface area contributed by atoms with Crippen molar-refractivity contribution in [1.82, 2.24) is 0 Å². The van der Waals surface area contributed by atoms with Gasteiger partial charge in [-0.25, -0.2) is 12.8 Å². The Kier molecular flexibility index (Phi) is 8.59. The summed E-state index contributed by atoms with van der Waals surface area (Å²) >= 11 is 0.0287. The first-order valence-electron chi connectivity index (χ1n) is 6.77. The molecule has 0 fully saturated rings. The summed E-state index contributed by atoms with van der Waals surface area (Å²) in [7, 11) is -4.68. The third kappa shape index (κ3) is 7.86. The maximum absolute atomic E-state index is 12.0. The van der Waals surface area contributed by atoms with Gasteiger partial charge >= 0.3 is 21.2 Å². The average molecular weight is 436 g/mol. The van der Waals surface area contributed by atoms with Gasteiger partial charge in [-0.15, -0.1) is 0 Å². The summed E-state index contributed by atoms with van der Waals surface area (Å²) in [5.41, 5.74) is -2.22. The maximum atomic E-state index is 12.0. The van der Waals surface area contributed by atoms with Crippen molar-refractivity contribution in [2.45, 2.75) is 25.3 Å². The molecule has 1 unspecified atom stereocenters. The third-order valence-corrected chi connectivity index (χ3v) is 6.06. The highest BCUT2D eigenvalue weighted by Gasteiger charge is 2.13. The van der Waals surface area contributed by atoms with Gasteiger partial charge in [0.05, 0.1) is 0 Å². The molecule has 1 atom stereocenters. The SMILES string of the molecule is CCCC(F)S(=O)(=O)[O-].c1ccc([I+]c2ccccc2)cc1. The van der Waals surface area contributed by atoms with Crippen LogP contribution >= 0.6 is 0 Å². The molecule has 0 heterocycles. The fourth-order valence-corrected chi connectivity index (χ4v) is 4.25. The van der Waals surface area contributed by atoms with Crippen LogP contribution in [0.1, 0.15) is 19.8 Å². The van der Waals surface area contributed by atoms with Crippen LogP contribution in [0.25, 0.3) is 0 Å². The van der Waals surface area contributed by atoms with Crippen LogP contribution in [0.4, 0.5) is 4.39 Å². The zero-order chi connectivity index (χ0) is 16.4. The van der Waals surface area contributed by atoms with E-state index in [1.165, 1.54) is 7.14 Å². The van der Waals surface area contributed by atoms with E-state index in [0.29, 0.717) is 6.42 Å². The molecule has 6 heteroatoms. The predicted octanol–water partition coefficient (Wildman–Crippen LogP) is 0.442. The van der Waals surface area contributed by atoms with Crippen molar-refractivity contribution in [1.29, 1.82) is 0 Å². The van der Waals surface area contributed by atoms with Gasteiger partial charge in [0.1, 0.15) is 10.1 Å². The van der Waals surface area contributed by atoms with Crippen LogP contribution in [-0.4, -0.2) is 18.5 Å². The van der Waals surface area contributed by atoms with E-state index >= 15 is 0 Å². The van der Waals surface area contributed by atoms with Crippen molar-refractivity contribution in [3.63, 3.8) is 0 Å². The van der Waals surface area contributed by atoms with Crippen molar-refractivity contribution in [3.8, 4) is 0 Å². The second kappa shape index (κ2) is 9.91. The molecule has 0 saturated carbocycles. The molecule has 0 aliphatic rings. The molecule has 2 rings (SSSR count). The average Bonchev–Trinajstić information content (AvgIpc) is 2.49. The van der Waals surface area contributed by atoms with E-state index in [4.69, 9.17) is 0 Å². The molecule has 2 aromatic rings. The number of halogens is 2. The highest BCUT2D eigenvalue weighted by atomic mass is 127. The molecule has 0 N–H and O–H groups in total. The lowest BCUT2D eigenvalue weighted by molar-refractivity contribution is -0.597. The lowest BCUT2D eigenvalue weighted by Crippen LogP contribution is -3.61. The van der Waals surface area contributed by atoms with Crippen LogP contribution in [0, 0.1) is 7.14 Å². The van der Waals surface area contributed by atoms with Gasteiger partial charge in [-0.2, -0.15) is 0 Å². The van der Waals surface area contributed by atoms with Crippen molar-refractivity contribution in [2.24, 2.45) is 0 Å². The first-order valence-corrected chi connectivity index (χ1v) is 10.4. The fourth-order valence-electron chi connectivity index (χ4n) is 1.45. The zero-order valence-corrected chi connectivity index (χ0v) is 15.1. The van der Waals surface area contributed by atoms with E-state index in [-0.39, 0.29) is 27.6 Å². The molecular formula is C16H18FIO3S. The number of hydrogen-bond donors (Lipinski definition) is 0. The molecular weight excluding hydrogens is 418 g/mol. The van der Waals surface area contributed by atoms with Crippen LogP contribution in [0.15, 0.2) is 60.7 Å². The first kappa shape index (κ1) is 19.1. The van der Waals surface area contributed by atoms with Gasteiger partial charge in [-0.3, -0.25) is 0 Å². The van der Waals surface area contributed by atoms with E-state index in [1.54, 1.807) is 6.92 Å². The van der Waals surface area contributed by atoms with Crippen LogP contribution < -0.4 is 21.2 Å². The summed E-state index contributed by atoms with van der Waals surface area (Å²) in [6, 6.07) is 21.4. The van der Waals surface area contributed by atoms with E-state index in [0.717, 1.165) is 0 Å². The number of rotatable bonds is 5. The maximum Gasteiger partial charge on any atom is 0.357 e. The molecule has 120 valence electrons. The standard InChI is InChI=1S/C12H10I.C4H9FO3S/c1-3-7-11(8-4-1)13-12-9-5-2-6-10-12;1-2-3-4(5)9(6,7)8/h1-10H;4H,2-3H2,1H3,(H,6,7,8)/q+1;/p-1. The first-order chi connectivity index (χ1) is 10.4. The van der Waals surface area contributed by atoms with Crippen molar-refractivity contribution >= 4 is 10.1 Å². The largest absolute Gasteiger partial charge is 0.746 e. The summed E-state index contributed by atoms with van der Waals surface area (Å²) in [5, 5.41) is 0. The highest BCUT2D eigenvalue weighted by molar-refractivity contribution is 7.86. The minimum atomic E-state index is -4.68. The van der Waals surface area contributed by atoms with E-state index < -0.39 is 15.6 Å². The van der Waals surface area contributed by atoms with Gasteiger partial charge in [-0.1, -0.05) is 49.7 Å². The second-order valence-corrected chi connectivity index (χ2v) is 8.90. The van der Waals surface area contributed by atoms with Gasteiger partial charge in [0, 0.05) is 0 Å². The van der Waals surface area contributed by atoms with Crippen LogP contribution in [0.3, 0.4) is 0 Å². The number of alkyl halides is 1. The fraction of sp³-hybridized carbons (Fsp3) is 0.250. The monoisotopic (exact) mass is 436 g/mol. The Balaban J connectivity index is 0.000000239. The van der Waals surface area contributed by atoms with Gasteiger partial charge in [-0.05, 0) is 30.7 Å².